The molecular formula is C26H27N3O4S. The van der Waals surface area contributed by atoms with Gasteiger partial charge in [0.15, 0.2) is 5.13 Å². The monoisotopic (exact) mass is 477 g/mol. The Balaban J connectivity index is 1.70. The van der Waals surface area contributed by atoms with Crippen LogP contribution in [0.25, 0.3) is 10.2 Å². The predicted octanol–water partition coefficient (Wildman–Crippen LogP) is 5.31. The fourth-order valence-corrected chi connectivity index (χ4v) is 4.55. The van der Waals surface area contributed by atoms with Crippen molar-refractivity contribution < 1.29 is 19.0 Å². The molecule has 4 rings (SSSR count). The van der Waals surface area contributed by atoms with Crippen molar-refractivity contribution in [2.45, 2.75) is 0 Å². The molecule has 0 aliphatic heterocycles. The SMILES string of the molecule is COc1ccc(OC)c2sc(N(CCN(C)C)C(=O)c3cccc(Oc4ccccc4)c3)nc12. The summed E-state index contributed by atoms with van der Waals surface area (Å²) < 4.78 is 17.8. The Labute approximate surface area is 203 Å². The van der Waals surface area contributed by atoms with Crippen molar-refractivity contribution in [1.82, 2.24) is 9.88 Å². The normalized spacial score (nSPS) is 11.0. The summed E-state index contributed by atoms with van der Waals surface area (Å²) in [5, 5.41) is 0.582. The van der Waals surface area contributed by atoms with Gasteiger partial charge >= 0.3 is 0 Å². The molecule has 34 heavy (non-hydrogen) atoms. The number of nitrogens with zero attached hydrogens (tertiary/aromatic N) is 3. The summed E-state index contributed by atoms with van der Waals surface area (Å²) in [5.41, 5.74) is 1.19. The average molecular weight is 478 g/mol. The number of carbonyl (C=O) groups excluding carboxylic acids is 1. The van der Waals surface area contributed by atoms with Gasteiger partial charge in [0.2, 0.25) is 0 Å². The van der Waals surface area contributed by atoms with Gasteiger partial charge in [0, 0.05) is 18.7 Å². The van der Waals surface area contributed by atoms with E-state index in [9.17, 15) is 4.79 Å². The molecule has 176 valence electrons. The van der Waals surface area contributed by atoms with E-state index in [0.29, 0.717) is 52.3 Å². The molecule has 8 heteroatoms. The number of thiazole rings is 1. The zero-order valence-corrected chi connectivity index (χ0v) is 20.5. The molecule has 1 aromatic heterocycles. The van der Waals surface area contributed by atoms with E-state index in [2.05, 4.69) is 0 Å². The topological polar surface area (TPSA) is 64.1 Å². The van der Waals surface area contributed by atoms with Gasteiger partial charge in [-0.1, -0.05) is 35.6 Å². The Bertz CT molecular complexity index is 1230. The molecule has 0 N–H and O–H groups in total. The molecule has 7 nitrogen and oxygen atoms in total. The summed E-state index contributed by atoms with van der Waals surface area (Å²) in [6, 6.07) is 20.4. The number of para-hydroxylation sites is 1. The van der Waals surface area contributed by atoms with Crippen LogP contribution >= 0.6 is 11.3 Å². The number of likely N-dealkylation sites (N-methyl/N-ethyl adjacent to an activating group) is 1. The van der Waals surface area contributed by atoms with E-state index in [0.717, 1.165) is 4.70 Å². The zero-order valence-electron chi connectivity index (χ0n) is 19.6. The van der Waals surface area contributed by atoms with Gasteiger partial charge in [-0.3, -0.25) is 9.69 Å². The van der Waals surface area contributed by atoms with Crippen LogP contribution in [0.15, 0.2) is 66.7 Å². The van der Waals surface area contributed by atoms with Gasteiger partial charge in [0.25, 0.3) is 5.91 Å². The highest BCUT2D eigenvalue weighted by molar-refractivity contribution is 7.22. The Morgan fingerprint density at radius 3 is 2.29 bits per heavy atom. The maximum Gasteiger partial charge on any atom is 0.260 e. The Hall–Kier alpha value is -3.62. The highest BCUT2D eigenvalue weighted by atomic mass is 32.1. The largest absolute Gasteiger partial charge is 0.495 e. The molecule has 1 amide bonds. The highest BCUT2D eigenvalue weighted by Gasteiger charge is 2.24. The van der Waals surface area contributed by atoms with Crippen molar-refractivity contribution in [2.75, 3.05) is 46.3 Å². The number of ether oxygens (including phenoxy) is 3. The summed E-state index contributed by atoms with van der Waals surface area (Å²) in [5.74, 6) is 2.48. The van der Waals surface area contributed by atoms with Gasteiger partial charge in [0.1, 0.15) is 33.2 Å². The van der Waals surface area contributed by atoms with Crippen molar-refractivity contribution in [3.8, 4) is 23.0 Å². The lowest BCUT2D eigenvalue weighted by Gasteiger charge is -2.22. The number of hydrogen-bond acceptors (Lipinski definition) is 7. The second-order valence-electron chi connectivity index (χ2n) is 7.85. The van der Waals surface area contributed by atoms with Gasteiger partial charge in [-0.05, 0) is 56.6 Å². The number of amides is 1. The number of anilines is 1. The fourth-order valence-electron chi connectivity index (χ4n) is 3.45. The maximum absolute atomic E-state index is 13.7. The number of benzene rings is 3. The maximum atomic E-state index is 13.7. The summed E-state index contributed by atoms with van der Waals surface area (Å²) in [6.45, 7) is 1.15. The molecule has 1 heterocycles. The predicted molar refractivity (Wildman–Crippen MR) is 136 cm³/mol. The van der Waals surface area contributed by atoms with Crippen LogP contribution in [0.1, 0.15) is 10.4 Å². The highest BCUT2D eigenvalue weighted by Crippen LogP contribution is 2.40. The number of hydrogen-bond donors (Lipinski definition) is 0. The minimum absolute atomic E-state index is 0.155. The Morgan fingerprint density at radius 2 is 1.59 bits per heavy atom. The standard InChI is InChI=1S/C26H27N3O4S/c1-28(2)15-16-29(26-27-23-21(31-3)13-14-22(32-4)24(23)34-26)25(30)18-9-8-12-20(17-18)33-19-10-6-5-7-11-19/h5-14,17H,15-16H2,1-4H3. The lowest BCUT2D eigenvalue weighted by molar-refractivity contribution is 0.0985. The van der Waals surface area contributed by atoms with Crippen LogP contribution in [0.2, 0.25) is 0 Å². The van der Waals surface area contributed by atoms with Crippen LogP contribution in [-0.4, -0.2) is 57.2 Å². The molecule has 4 aromatic rings. The smallest absolute Gasteiger partial charge is 0.260 e. The van der Waals surface area contributed by atoms with Crippen LogP contribution in [0.4, 0.5) is 5.13 Å². The van der Waals surface area contributed by atoms with E-state index >= 15 is 0 Å². The first-order valence-corrected chi connectivity index (χ1v) is 11.6. The van der Waals surface area contributed by atoms with Crippen molar-refractivity contribution in [2.24, 2.45) is 0 Å². The van der Waals surface area contributed by atoms with Crippen molar-refractivity contribution in [3.05, 3.63) is 72.3 Å². The van der Waals surface area contributed by atoms with Crippen LogP contribution in [0, 0.1) is 0 Å². The Morgan fingerprint density at radius 1 is 0.882 bits per heavy atom. The van der Waals surface area contributed by atoms with Gasteiger partial charge in [-0.15, -0.1) is 0 Å². The molecule has 3 aromatic carbocycles. The third-order valence-corrected chi connectivity index (χ3v) is 6.30. The Kier molecular flexibility index (Phi) is 7.30. The molecule has 0 saturated heterocycles. The molecule has 0 spiro atoms. The van der Waals surface area contributed by atoms with E-state index in [-0.39, 0.29) is 5.91 Å². The molecule has 0 aliphatic rings. The molecular weight excluding hydrogens is 450 g/mol. The number of methoxy groups -OCH3 is 2. The van der Waals surface area contributed by atoms with E-state index in [1.165, 1.54) is 11.3 Å². The zero-order chi connectivity index (χ0) is 24.1. The number of aromatic nitrogens is 1. The molecule has 0 atom stereocenters. The first-order chi connectivity index (χ1) is 16.5. The molecule has 0 saturated carbocycles. The van der Waals surface area contributed by atoms with Crippen LogP contribution < -0.4 is 19.1 Å². The van der Waals surface area contributed by atoms with Crippen molar-refractivity contribution in [3.63, 3.8) is 0 Å². The first kappa shape index (κ1) is 23.5. The number of rotatable bonds is 9. The number of carbonyl (C=O) groups is 1. The minimum atomic E-state index is -0.155. The van der Waals surface area contributed by atoms with Crippen LogP contribution in [0.5, 0.6) is 23.0 Å². The van der Waals surface area contributed by atoms with Gasteiger partial charge < -0.3 is 19.1 Å². The summed E-state index contributed by atoms with van der Waals surface area (Å²) in [7, 11) is 7.17. The van der Waals surface area contributed by atoms with Crippen molar-refractivity contribution >= 4 is 32.6 Å². The summed E-state index contributed by atoms with van der Waals surface area (Å²) >= 11 is 1.41. The molecule has 0 bridgehead atoms. The third-order valence-electron chi connectivity index (χ3n) is 5.21. The van der Waals surface area contributed by atoms with E-state index < -0.39 is 0 Å². The van der Waals surface area contributed by atoms with E-state index in [4.69, 9.17) is 19.2 Å². The van der Waals surface area contributed by atoms with Gasteiger partial charge in [-0.25, -0.2) is 4.98 Å². The molecule has 0 aliphatic carbocycles. The van der Waals surface area contributed by atoms with Crippen LogP contribution in [0.3, 0.4) is 0 Å². The van der Waals surface area contributed by atoms with Crippen LogP contribution in [-0.2, 0) is 0 Å². The molecule has 0 fully saturated rings. The molecule has 0 radical (unpaired) electrons. The summed E-state index contributed by atoms with van der Waals surface area (Å²) in [6.07, 6.45) is 0. The van der Waals surface area contributed by atoms with Gasteiger partial charge in [-0.2, -0.15) is 0 Å². The minimum Gasteiger partial charge on any atom is -0.495 e. The lowest BCUT2D eigenvalue weighted by atomic mass is 10.2. The first-order valence-electron chi connectivity index (χ1n) is 10.8. The lowest BCUT2D eigenvalue weighted by Crippen LogP contribution is -2.36. The second-order valence-corrected chi connectivity index (χ2v) is 8.82. The average Bonchev–Trinajstić information content (AvgIpc) is 3.29. The van der Waals surface area contributed by atoms with E-state index in [1.54, 1.807) is 31.3 Å². The second kappa shape index (κ2) is 10.5. The fraction of sp³-hybridized carbons (Fsp3) is 0.231. The summed E-state index contributed by atoms with van der Waals surface area (Å²) in [4.78, 5) is 22.2. The quantitative estimate of drug-likeness (QED) is 0.325. The van der Waals surface area contributed by atoms with E-state index in [1.807, 2.05) is 73.6 Å². The third kappa shape index (κ3) is 5.13. The molecule has 0 unspecified atom stereocenters. The number of fused-ring (bicyclic) bond motifs is 1. The van der Waals surface area contributed by atoms with Crippen molar-refractivity contribution in [1.29, 1.82) is 0 Å². The van der Waals surface area contributed by atoms with Gasteiger partial charge in [0.05, 0.1) is 14.2 Å².